The molecule has 0 unspecified atom stereocenters. The first-order valence-electron chi connectivity index (χ1n) is 7.19. The zero-order valence-corrected chi connectivity index (χ0v) is 12.7. The molecule has 1 saturated heterocycles. The minimum atomic E-state index is 0.00356. The van der Waals surface area contributed by atoms with Crippen molar-refractivity contribution in [1.29, 1.82) is 0 Å². The first-order chi connectivity index (χ1) is 9.54. The van der Waals surface area contributed by atoms with Gasteiger partial charge in [0.1, 0.15) is 6.61 Å². The Morgan fingerprint density at radius 1 is 1.25 bits per heavy atom. The molecule has 0 aliphatic carbocycles. The predicted octanol–water partition coefficient (Wildman–Crippen LogP) is 0.413. The van der Waals surface area contributed by atoms with Crippen LogP contribution in [0.4, 0.5) is 0 Å². The molecule has 1 heterocycles. The number of methoxy groups -OCH3 is 1. The Morgan fingerprint density at radius 2 is 1.90 bits per heavy atom. The van der Waals surface area contributed by atoms with Gasteiger partial charge in [-0.15, -0.1) is 0 Å². The van der Waals surface area contributed by atoms with Gasteiger partial charge >= 0.3 is 0 Å². The van der Waals surface area contributed by atoms with Gasteiger partial charge in [-0.05, 0) is 12.8 Å². The first kappa shape index (κ1) is 16.9. The number of hydrogen-bond donors (Lipinski definition) is 1. The Balaban J connectivity index is 2.21. The number of nitrogens with one attached hydrogen (secondary N) is 1. The molecule has 6 nitrogen and oxygen atoms in total. The lowest BCUT2D eigenvalue weighted by atomic mass is 10.0. The van der Waals surface area contributed by atoms with Crippen molar-refractivity contribution >= 4 is 11.8 Å². The molecule has 0 spiro atoms. The van der Waals surface area contributed by atoms with Crippen molar-refractivity contribution in [2.45, 2.75) is 32.7 Å². The minimum absolute atomic E-state index is 0.00356. The summed E-state index contributed by atoms with van der Waals surface area (Å²) in [6.45, 7) is 6.15. The summed E-state index contributed by atoms with van der Waals surface area (Å²) < 4.78 is 10.1. The molecule has 0 aromatic heterocycles. The van der Waals surface area contributed by atoms with E-state index in [2.05, 4.69) is 5.32 Å². The van der Waals surface area contributed by atoms with Crippen molar-refractivity contribution in [2.75, 3.05) is 40.0 Å². The standard InChI is InChI=1S/C14H26N2O4/c1-11(2)14(18)15-12-4-6-16(7-5-12)13(17)10-20-9-8-19-3/h11-12H,4-10H2,1-3H3,(H,15,18). The van der Waals surface area contributed by atoms with E-state index in [1.807, 2.05) is 13.8 Å². The fourth-order valence-electron chi connectivity index (χ4n) is 2.03. The topological polar surface area (TPSA) is 67.9 Å². The van der Waals surface area contributed by atoms with Gasteiger partial charge in [0, 0.05) is 32.2 Å². The van der Waals surface area contributed by atoms with E-state index in [-0.39, 0.29) is 30.4 Å². The van der Waals surface area contributed by atoms with Gasteiger partial charge in [0.25, 0.3) is 0 Å². The molecule has 0 aromatic rings. The number of amides is 2. The third kappa shape index (κ3) is 5.88. The second-order valence-corrected chi connectivity index (χ2v) is 5.36. The van der Waals surface area contributed by atoms with E-state index in [1.165, 1.54) is 0 Å². The lowest BCUT2D eigenvalue weighted by molar-refractivity contribution is -0.137. The lowest BCUT2D eigenvalue weighted by Crippen LogP contribution is -2.48. The van der Waals surface area contributed by atoms with E-state index in [0.29, 0.717) is 26.3 Å². The summed E-state index contributed by atoms with van der Waals surface area (Å²) in [5, 5.41) is 3.01. The summed E-state index contributed by atoms with van der Waals surface area (Å²) in [7, 11) is 1.60. The maximum absolute atomic E-state index is 11.9. The number of hydrogen-bond acceptors (Lipinski definition) is 4. The monoisotopic (exact) mass is 286 g/mol. The van der Waals surface area contributed by atoms with E-state index >= 15 is 0 Å². The summed E-state index contributed by atoms with van der Waals surface area (Å²) in [5.74, 6) is 0.0938. The molecule has 0 bridgehead atoms. The van der Waals surface area contributed by atoms with Gasteiger partial charge in [-0.1, -0.05) is 13.8 Å². The van der Waals surface area contributed by atoms with E-state index < -0.39 is 0 Å². The van der Waals surface area contributed by atoms with Gasteiger partial charge in [-0.3, -0.25) is 9.59 Å². The van der Waals surface area contributed by atoms with E-state index in [9.17, 15) is 9.59 Å². The van der Waals surface area contributed by atoms with E-state index in [0.717, 1.165) is 12.8 Å². The van der Waals surface area contributed by atoms with Crippen LogP contribution in [0.2, 0.25) is 0 Å². The fraction of sp³-hybridized carbons (Fsp3) is 0.857. The van der Waals surface area contributed by atoms with E-state index in [4.69, 9.17) is 9.47 Å². The number of likely N-dealkylation sites (tertiary alicyclic amines) is 1. The maximum atomic E-state index is 11.9. The highest BCUT2D eigenvalue weighted by atomic mass is 16.5. The van der Waals surface area contributed by atoms with Crippen LogP contribution in [0, 0.1) is 5.92 Å². The van der Waals surface area contributed by atoms with Gasteiger partial charge in [0.15, 0.2) is 0 Å². The number of carbonyl (C=O) groups excluding carboxylic acids is 2. The molecule has 0 radical (unpaired) electrons. The highest BCUT2D eigenvalue weighted by Crippen LogP contribution is 2.11. The van der Waals surface area contributed by atoms with Crippen LogP contribution in [-0.4, -0.2) is 62.8 Å². The molecule has 0 saturated carbocycles. The number of piperidine rings is 1. The molecule has 20 heavy (non-hydrogen) atoms. The molecule has 0 aromatic carbocycles. The van der Waals surface area contributed by atoms with Gasteiger partial charge in [0.05, 0.1) is 13.2 Å². The number of rotatable bonds is 7. The molecule has 116 valence electrons. The number of carbonyl (C=O) groups is 2. The van der Waals surface area contributed by atoms with Crippen LogP contribution in [0.3, 0.4) is 0 Å². The third-order valence-electron chi connectivity index (χ3n) is 3.38. The second-order valence-electron chi connectivity index (χ2n) is 5.36. The molecule has 1 aliphatic heterocycles. The summed E-state index contributed by atoms with van der Waals surface area (Å²) in [5.41, 5.74) is 0. The molecular weight excluding hydrogens is 260 g/mol. The van der Waals surface area contributed by atoms with Gasteiger partial charge in [-0.25, -0.2) is 0 Å². The van der Waals surface area contributed by atoms with Gasteiger partial charge < -0.3 is 19.7 Å². The summed E-state index contributed by atoms with van der Waals surface area (Å²) >= 11 is 0. The van der Waals surface area contributed by atoms with Gasteiger partial charge in [0.2, 0.25) is 11.8 Å². The summed E-state index contributed by atoms with van der Waals surface area (Å²) in [4.78, 5) is 25.3. The molecule has 6 heteroatoms. The summed E-state index contributed by atoms with van der Waals surface area (Å²) in [6.07, 6.45) is 1.62. The van der Waals surface area contributed by atoms with Crippen LogP contribution in [-0.2, 0) is 19.1 Å². The second kappa shape index (κ2) is 8.92. The van der Waals surface area contributed by atoms with Crippen LogP contribution >= 0.6 is 0 Å². The van der Waals surface area contributed by atoms with Crippen molar-refractivity contribution in [2.24, 2.45) is 5.92 Å². The van der Waals surface area contributed by atoms with Crippen molar-refractivity contribution in [3.63, 3.8) is 0 Å². The summed E-state index contributed by atoms with van der Waals surface area (Å²) in [6, 6.07) is 0.184. The van der Waals surface area contributed by atoms with Gasteiger partial charge in [-0.2, -0.15) is 0 Å². The normalized spacial score (nSPS) is 16.5. The molecular formula is C14H26N2O4. The van der Waals surface area contributed by atoms with Crippen LogP contribution in [0.5, 0.6) is 0 Å². The molecule has 1 aliphatic rings. The van der Waals surface area contributed by atoms with Crippen LogP contribution in [0.25, 0.3) is 0 Å². The smallest absolute Gasteiger partial charge is 0.248 e. The minimum Gasteiger partial charge on any atom is -0.382 e. The van der Waals surface area contributed by atoms with Crippen molar-refractivity contribution in [3.05, 3.63) is 0 Å². The zero-order chi connectivity index (χ0) is 15.0. The van der Waals surface area contributed by atoms with Crippen LogP contribution in [0.1, 0.15) is 26.7 Å². The van der Waals surface area contributed by atoms with Crippen LogP contribution < -0.4 is 5.32 Å². The largest absolute Gasteiger partial charge is 0.382 e. The molecule has 0 atom stereocenters. The average molecular weight is 286 g/mol. The fourth-order valence-corrected chi connectivity index (χ4v) is 2.03. The van der Waals surface area contributed by atoms with Crippen molar-refractivity contribution in [1.82, 2.24) is 10.2 Å². The Bertz CT molecular complexity index is 312. The van der Waals surface area contributed by atoms with Crippen LogP contribution in [0.15, 0.2) is 0 Å². The zero-order valence-electron chi connectivity index (χ0n) is 12.7. The quantitative estimate of drug-likeness (QED) is 0.688. The highest BCUT2D eigenvalue weighted by molar-refractivity contribution is 5.78. The molecule has 1 fully saturated rings. The first-order valence-corrected chi connectivity index (χ1v) is 7.19. The Morgan fingerprint density at radius 3 is 2.45 bits per heavy atom. The molecule has 1 rings (SSSR count). The van der Waals surface area contributed by atoms with Crippen molar-refractivity contribution in [3.8, 4) is 0 Å². The van der Waals surface area contributed by atoms with E-state index in [1.54, 1.807) is 12.0 Å². The SMILES string of the molecule is COCCOCC(=O)N1CCC(NC(=O)C(C)C)CC1. The Kier molecular flexibility index (Phi) is 7.54. The lowest BCUT2D eigenvalue weighted by Gasteiger charge is -2.32. The molecule has 2 amide bonds. The predicted molar refractivity (Wildman–Crippen MR) is 75.3 cm³/mol. The average Bonchev–Trinajstić information content (AvgIpc) is 2.44. The third-order valence-corrected chi connectivity index (χ3v) is 3.38. The highest BCUT2D eigenvalue weighted by Gasteiger charge is 2.24. The maximum Gasteiger partial charge on any atom is 0.248 e. The van der Waals surface area contributed by atoms with Crippen molar-refractivity contribution < 1.29 is 19.1 Å². The number of ether oxygens (including phenoxy) is 2. The Hall–Kier alpha value is -1.14. The molecule has 1 N–H and O–H groups in total. The Labute approximate surface area is 120 Å². The number of nitrogens with zero attached hydrogens (tertiary/aromatic N) is 1.